The van der Waals surface area contributed by atoms with Crippen LogP contribution in [0.5, 0.6) is 0 Å². The second kappa shape index (κ2) is 6.23. The van der Waals surface area contributed by atoms with Crippen LogP contribution in [0.1, 0.15) is 31.7 Å². The second-order valence-electron chi connectivity index (χ2n) is 5.45. The van der Waals surface area contributed by atoms with Crippen molar-refractivity contribution in [1.29, 1.82) is 0 Å². The number of aliphatic hydroxyl groups excluding tert-OH is 2. The van der Waals surface area contributed by atoms with E-state index < -0.39 is 5.41 Å². The fourth-order valence-corrected chi connectivity index (χ4v) is 2.88. The van der Waals surface area contributed by atoms with Crippen LogP contribution in [0.3, 0.4) is 0 Å². The molecule has 2 atom stereocenters. The first-order chi connectivity index (χ1) is 9.09. The molecule has 19 heavy (non-hydrogen) atoms. The highest BCUT2D eigenvalue weighted by Gasteiger charge is 2.36. The molecule has 1 heterocycles. The highest BCUT2D eigenvalue weighted by Crippen LogP contribution is 2.34. The highest BCUT2D eigenvalue weighted by atomic mass is 35.5. The Balaban J connectivity index is 2.19. The van der Waals surface area contributed by atoms with Crippen LogP contribution >= 0.6 is 11.6 Å². The van der Waals surface area contributed by atoms with E-state index in [1.54, 1.807) is 12.1 Å². The van der Waals surface area contributed by atoms with Gasteiger partial charge in [0, 0.05) is 10.4 Å². The van der Waals surface area contributed by atoms with E-state index in [9.17, 15) is 10.2 Å². The molecule has 4 heteroatoms. The summed E-state index contributed by atoms with van der Waals surface area (Å²) < 4.78 is 5.82. The van der Waals surface area contributed by atoms with Crippen molar-refractivity contribution in [2.24, 2.45) is 0 Å². The highest BCUT2D eigenvalue weighted by molar-refractivity contribution is 6.30. The predicted molar refractivity (Wildman–Crippen MR) is 75.5 cm³/mol. The van der Waals surface area contributed by atoms with E-state index in [2.05, 4.69) is 6.92 Å². The number of aliphatic hydroxyl groups is 2. The Hall–Kier alpha value is -0.610. The summed E-state index contributed by atoms with van der Waals surface area (Å²) in [5.41, 5.74) is 0.254. The third kappa shape index (κ3) is 3.29. The van der Waals surface area contributed by atoms with Crippen molar-refractivity contribution in [3.8, 4) is 0 Å². The van der Waals surface area contributed by atoms with Gasteiger partial charge in [-0.15, -0.1) is 0 Å². The number of ether oxygens (including phenoxy) is 1. The maximum absolute atomic E-state index is 9.78. The Labute approximate surface area is 119 Å². The van der Waals surface area contributed by atoms with Gasteiger partial charge in [0.2, 0.25) is 0 Å². The minimum Gasteiger partial charge on any atom is -0.395 e. The van der Waals surface area contributed by atoms with Gasteiger partial charge in [0.05, 0.1) is 25.4 Å². The summed E-state index contributed by atoms with van der Waals surface area (Å²) in [6.45, 7) is 1.86. The summed E-state index contributed by atoms with van der Waals surface area (Å²) in [5.74, 6) is 0. The zero-order chi connectivity index (χ0) is 13.9. The molecule has 0 bridgehead atoms. The molecule has 1 saturated heterocycles. The van der Waals surface area contributed by atoms with Gasteiger partial charge in [0.25, 0.3) is 0 Å². The SMILES string of the molecule is CC1CCC(CC(CO)(CO)c2ccc(Cl)cc2)O1. The first kappa shape index (κ1) is 14.8. The second-order valence-corrected chi connectivity index (χ2v) is 5.89. The summed E-state index contributed by atoms with van der Waals surface area (Å²) in [5, 5.41) is 20.2. The van der Waals surface area contributed by atoms with Crippen molar-refractivity contribution in [3.63, 3.8) is 0 Å². The average molecular weight is 285 g/mol. The molecule has 0 radical (unpaired) electrons. The minimum atomic E-state index is -0.653. The molecule has 1 fully saturated rings. The summed E-state index contributed by atoms with van der Waals surface area (Å²) in [7, 11) is 0. The predicted octanol–water partition coefficient (Wildman–Crippen LogP) is 2.52. The lowest BCUT2D eigenvalue weighted by Gasteiger charge is -2.33. The lowest BCUT2D eigenvalue weighted by atomic mass is 9.77. The van der Waals surface area contributed by atoms with Crippen LogP contribution in [-0.4, -0.2) is 35.6 Å². The van der Waals surface area contributed by atoms with E-state index in [0.29, 0.717) is 11.4 Å². The quantitative estimate of drug-likeness (QED) is 0.873. The molecule has 2 N–H and O–H groups in total. The van der Waals surface area contributed by atoms with Crippen molar-refractivity contribution in [3.05, 3.63) is 34.9 Å². The lowest BCUT2D eigenvalue weighted by molar-refractivity contribution is 0.0113. The zero-order valence-corrected chi connectivity index (χ0v) is 11.9. The van der Waals surface area contributed by atoms with Crippen LogP contribution < -0.4 is 0 Å². The smallest absolute Gasteiger partial charge is 0.0590 e. The Kier molecular flexibility index (Phi) is 4.85. The van der Waals surface area contributed by atoms with E-state index in [1.807, 2.05) is 12.1 Å². The van der Waals surface area contributed by atoms with Crippen molar-refractivity contribution in [1.82, 2.24) is 0 Å². The normalized spacial score (nSPS) is 23.8. The van der Waals surface area contributed by atoms with Crippen molar-refractivity contribution in [2.75, 3.05) is 13.2 Å². The zero-order valence-electron chi connectivity index (χ0n) is 11.2. The van der Waals surface area contributed by atoms with Gasteiger partial charge >= 0.3 is 0 Å². The Morgan fingerprint density at radius 2 is 1.84 bits per heavy atom. The first-order valence-corrected chi connectivity index (χ1v) is 7.10. The average Bonchev–Trinajstić information content (AvgIpc) is 2.82. The monoisotopic (exact) mass is 284 g/mol. The molecular formula is C15H21ClO3. The number of rotatable bonds is 5. The van der Waals surface area contributed by atoms with Crippen LogP contribution in [0, 0.1) is 0 Å². The van der Waals surface area contributed by atoms with E-state index >= 15 is 0 Å². The largest absolute Gasteiger partial charge is 0.395 e. The summed E-state index contributed by atoms with van der Waals surface area (Å²) in [6.07, 6.45) is 3.02. The Morgan fingerprint density at radius 1 is 1.21 bits per heavy atom. The summed E-state index contributed by atoms with van der Waals surface area (Å²) in [4.78, 5) is 0. The lowest BCUT2D eigenvalue weighted by Crippen LogP contribution is -2.38. The summed E-state index contributed by atoms with van der Waals surface area (Å²) >= 11 is 5.89. The van der Waals surface area contributed by atoms with E-state index in [-0.39, 0.29) is 25.4 Å². The van der Waals surface area contributed by atoms with E-state index in [0.717, 1.165) is 18.4 Å². The van der Waals surface area contributed by atoms with E-state index in [4.69, 9.17) is 16.3 Å². The van der Waals surface area contributed by atoms with Crippen LogP contribution in [0.25, 0.3) is 0 Å². The van der Waals surface area contributed by atoms with Gasteiger partial charge in [0.15, 0.2) is 0 Å². The molecule has 106 valence electrons. The fourth-order valence-electron chi connectivity index (χ4n) is 2.75. The Bertz CT molecular complexity index is 400. The summed E-state index contributed by atoms with van der Waals surface area (Å²) in [6, 6.07) is 7.31. The number of benzene rings is 1. The van der Waals surface area contributed by atoms with Crippen molar-refractivity contribution in [2.45, 2.75) is 43.8 Å². The standard InChI is InChI=1S/C15H21ClO3/c1-11-2-7-14(19-11)8-15(9-17,10-18)12-3-5-13(16)6-4-12/h3-6,11,14,17-18H,2,7-10H2,1H3. The van der Waals surface area contributed by atoms with Crippen molar-refractivity contribution < 1.29 is 14.9 Å². The number of halogens is 1. The molecule has 0 amide bonds. The van der Waals surface area contributed by atoms with Gasteiger partial charge in [-0.2, -0.15) is 0 Å². The molecule has 0 saturated carbocycles. The minimum absolute atomic E-state index is 0.0978. The molecule has 1 aromatic carbocycles. The van der Waals surface area contributed by atoms with Gasteiger partial charge in [-0.05, 0) is 43.9 Å². The van der Waals surface area contributed by atoms with Gasteiger partial charge in [-0.25, -0.2) is 0 Å². The van der Waals surface area contributed by atoms with Crippen LogP contribution in [0.4, 0.5) is 0 Å². The van der Waals surface area contributed by atoms with Gasteiger partial charge in [0.1, 0.15) is 0 Å². The molecule has 2 unspecified atom stereocenters. The topological polar surface area (TPSA) is 49.7 Å². The molecule has 1 aliphatic rings. The van der Waals surface area contributed by atoms with Crippen LogP contribution in [0.2, 0.25) is 5.02 Å². The fraction of sp³-hybridized carbons (Fsp3) is 0.600. The maximum atomic E-state index is 9.78. The van der Waals surface area contributed by atoms with E-state index in [1.165, 1.54) is 0 Å². The van der Waals surface area contributed by atoms with Crippen molar-refractivity contribution >= 4 is 11.6 Å². The number of hydrogen-bond acceptors (Lipinski definition) is 3. The van der Waals surface area contributed by atoms with Crippen LogP contribution in [0.15, 0.2) is 24.3 Å². The molecule has 1 aliphatic heterocycles. The molecule has 0 aromatic heterocycles. The van der Waals surface area contributed by atoms with Gasteiger partial charge in [-0.1, -0.05) is 23.7 Å². The first-order valence-electron chi connectivity index (χ1n) is 6.73. The molecule has 3 nitrogen and oxygen atoms in total. The third-order valence-electron chi connectivity index (χ3n) is 4.00. The molecular weight excluding hydrogens is 264 g/mol. The molecule has 2 rings (SSSR count). The maximum Gasteiger partial charge on any atom is 0.0590 e. The Morgan fingerprint density at radius 3 is 2.32 bits per heavy atom. The molecule has 1 aromatic rings. The van der Waals surface area contributed by atoms with Gasteiger partial charge in [-0.3, -0.25) is 0 Å². The third-order valence-corrected chi connectivity index (χ3v) is 4.25. The number of hydrogen-bond donors (Lipinski definition) is 2. The van der Waals surface area contributed by atoms with Gasteiger partial charge < -0.3 is 14.9 Å². The molecule has 0 spiro atoms. The van der Waals surface area contributed by atoms with Crippen LogP contribution in [-0.2, 0) is 10.2 Å². The molecule has 0 aliphatic carbocycles.